The highest BCUT2D eigenvalue weighted by Crippen LogP contribution is 2.51. The van der Waals surface area contributed by atoms with Gasteiger partial charge in [0.2, 0.25) is 18.6 Å². The monoisotopic (exact) mass is 389 g/mol. The van der Waals surface area contributed by atoms with Crippen molar-refractivity contribution in [2.45, 2.75) is 18.3 Å². The Morgan fingerprint density at radius 3 is 2.79 bits per heavy atom. The summed E-state index contributed by atoms with van der Waals surface area (Å²) in [5, 5.41) is 2.98. The van der Waals surface area contributed by atoms with Crippen molar-refractivity contribution >= 4 is 11.7 Å². The molecule has 3 heterocycles. The van der Waals surface area contributed by atoms with Gasteiger partial charge in [0.15, 0.2) is 11.5 Å². The number of methoxy groups -OCH3 is 1. The Kier molecular flexibility index (Phi) is 4.08. The SMILES string of the molecule is COc1ncccc1-c1cccc(NC(=O)C2(c3ccc4c(c3)OCO4)CC2)n1. The first-order valence-corrected chi connectivity index (χ1v) is 9.38. The lowest BCUT2D eigenvalue weighted by atomic mass is 9.94. The van der Waals surface area contributed by atoms with Gasteiger partial charge in [-0.25, -0.2) is 9.97 Å². The first-order chi connectivity index (χ1) is 14.2. The third kappa shape index (κ3) is 3.04. The third-order valence-electron chi connectivity index (χ3n) is 5.34. The number of benzene rings is 1. The molecule has 2 aromatic heterocycles. The van der Waals surface area contributed by atoms with Gasteiger partial charge >= 0.3 is 0 Å². The number of hydrogen-bond acceptors (Lipinski definition) is 6. The Labute approximate surface area is 167 Å². The van der Waals surface area contributed by atoms with Crippen molar-refractivity contribution in [2.75, 3.05) is 19.2 Å². The minimum Gasteiger partial charge on any atom is -0.481 e. The molecule has 0 saturated heterocycles. The van der Waals surface area contributed by atoms with Crippen LogP contribution in [0.25, 0.3) is 11.3 Å². The Hall–Kier alpha value is -3.61. The lowest BCUT2D eigenvalue weighted by molar-refractivity contribution is -0.118. The zero-order valence-electron chi connectivity index (χ0n) is 15.8. The minimum absolute atomic E-state index is 0.0702. The summed E-state index contributed by atoms with van der Waals surface area (Å²) in [6, 6.07) is 14.9. The number of anilines is 1. The molecule has 1 N–H and O–H groups in total. The molecule has 0 unspecified atom stereocenters. The van der Waals surface area contributed by atoms with E-state index >= 15 is 0 Å². The number of amides is 1. The molecule has 1 fully saturated rings. The quantitative estimate of drug-likeness (QED) is 0.719. The number of hydrogen-bond donors (Lipinski definition) is 1. The first-order valence-electron chi connectivity index (χ1n) is 9.38. The largest absolute Gasteiger partial charge is 0.481 e. The van der Waals surface area contributed by atoms with E-state index in [-0.39, 0.29) is 12.7 Å². The molecule has 5 rings (SSSR count). The number of nitrogens with one attached hydrogen (secondary N) is 1. The van der Waals surface area contributed by atoms with Gasteiger partial charge in [-0.15, -0.1) is 0 Å². The molecular weight excluding hydrogens is 370 g/mol. The van der Waals surface area contributed by atoms with Crippen LogP contribution in [0.3, 0.4) is 0 Å². The number of carbonyl (C=O) groups excluding carboxylic acids is 1. The third-order valence-corrected chi connectivity index (χ3v) is 5.34. The van der Waals surface area contributed by atoms with E-state index in [0.29, 0.717) is 28.9 Å². The standard InChI is InChI=1S/C22H19N3O4/c1-27-20-15(4-3-11-23-20)16-5-2-6-19(24-16)25-21(26)22(9-10-22)14-7-8-17-18(12-14)29-13-28-17/h2-8,11-12H,9-10,13H2,1H3,(H,24,25,26). The lowest BCUT2D eigenvalue weighted by Gasteiger charge is -2.16. The van der Waals surface area contributed by atoms with Crippen LogP contribution in [0.5, 0.6) is 17.4 Å². The van der Waals surface area contributed by atoms with Crippen molar-refractivity contribution in [1.82, 2.24) is 9.97 Å². The molecular formula is C22H19N3O4. The number of ether oxygens (including phenoxy) is 3. The second-order valence-electron chi connectivity index (χ2n) is 7.07. The molecule has 146 valence electrons. The maximum absolute atomic E-state index is 13.1. The van der Waals surface area contributed by atoms with Crippen LogP contribution in [0.15, 0.2) is 54.7 Å². The minimum atomic E-state index is -0.551. The average Bonchev–Trinajstić information content (AvgIpc) is 3.45. The van der Waals surface area contributed by atoms with Gasteiger partial charge in [0.05, 0.1) is 23.8 Å². The zero-order chi connectivity index (χ0) is 19.8. The van der Waals surface area contributed by atoms with E-state index in [2.05, 4.69) is 15.3 Å². The molecule has 1 saturated carbocycles. The second-order valence-corrected chi connectivity index (χ2v) is 7.07. The fourth-order valence-electron chi connectivity index (χ4n) is 3.60. The van der Waals surface area contributed by atoms with Gasteiger partial charge in [-0.05, 0) is 54.8 Å². The van der Waals surface area contributed by atoms with Gasteiger partial charge in [0.1, 0.15) is 5.82 Å². The molecule has 0 atom stereocenters. The van der Waals surface area contributed by atoms with Crippen molar-refractivity contribution < 1.29 is 19.0 Å². The maximum Gasteiger partial charge on any atom is 0.236 e. The molecule has 3 aromatic rings. The summed E-state index contributed by atoms with van der Waals surface area (Å²) in [6.07, 6.45) is 3.24. The summed E-state index contributed by atoms with van der Waals surface area (Å²) < 4.78 is 16.2. The molecule has 1 aliphatic heterocycles. The normalized spacial score (nSPS) is 15.6. The molecule has 1 aliphatic carbocycles. The van der Waals surface area contributed by atoms with Gasteiger partial charge in [-0.1, -0.05) is 12.1 Å². The average molecular weight is 389 g/mol. The fourth-order valence-corrected chi connectivity index (χ4v) is 3.60. The first kappa shape index (κ1) is 17.5. The summed E-state index contributed by atoms with van der Waals surface area (Å²) >= 11 is 0. The summed E-state index contributed by atoms with van der Waals surface area (Å²) in [5.74, 6) is 2.31. The van der Waals surface area contributed by atoms with Crippen molar-refractivity contribution in [3.63, 3.8) is 0 Å². The van der Waals surface area contributed by atoms with Crippen LogP contribution >= 0.6 is 0 Å². The molecule has 29 heavy (non-hydrogen) atoms. The van der Waals surface area contributed by atoms with E-state index in [1.165, 1.54) is 0 Å². The molecule has 0 spiro atoms. The summed E-state index contributed by atoms with van der Waals surface area (Å²) in [6.45, 7) is 0.215. The molecule has 0 bridgehead atoms. The Balaban J connectivity index is 1.40. The highest BCUT2D eigenvalue weighted by Gasteiger charge is 2.51. The fraction of sp³-hybridized carbons (Fsp3) is 0.227. The zero-order valence-corrected chi connectivity index (χ0v) is 15.8. The van der Waals surface area contributed by atoms with Gasteiger partial charge in [-0.3, -0.25) is 4.79 Å². The number of nitrogens with zero attached hydrogens (tertiary/aromatic N) is 2. The van der Waals surface area contributed by atoms with Crippen LogP contribution < -0.4 is 19.5 Å². The molecule has 7 heteroatoms. The van der Waals surface area contributed by atoms with E-state index in [4.69, 9.17) is 14.2 Å². The summed E-state index contributed by atoms with van der Waals surface area (Å²) in [4.78, 5) is 21.9. The van der Waals surface area contributed by atoms with E-state index < -0.39 is 5.41 Å². The molecule has 1 amide bonds. The van der Waals surface area contributed by atoms with E-state index in [1.54, 1.807) is 19.4 Å². The number of aromatic nitrogens is 2. The Morgan fingerprint density at radius 1 is 1.10 bits per heavy atom. The van der Waals surface area contributed by atoms with Crippen LogP contribution in [0, 0.1) is 0 Å². The van der Waals surface area contributed by atoms with Crippen molar-refractivity contribution in [3.8, 4) is 28.6 Å². The summed E-state index contributed by atoms with van der Waals surface area (Å²) in [7, 11) is 1.57. The molecule has 0 radical (unpaired) electrons. The van der Waals surface area contributed by atoms with E-state index in [9.17, 15) is 4.79 Å². The van der Waals surface area contributed by atoms with Crippen LogP contribution in [0.1, 0.15) is 18.4 Å². The van der Waals surface area contributed by atoms with Crippen LogP contribution in [-0.2, 0) is 10.2 Å². The Morgan fingerprint density at radius 2 is 1.97 bits per heavy atom. The van der Waals surface area contributed by atoms with Crippen LogP contribution in [-0.4, -0.2) is 29.8 Å². The van der Waals surface area contributed by atoms with Gasteiger partial charge < -0.3 is 19.5 Å². The predicted molar refractivity (Wildman–Crippen MR) is 106 cm³/mol. The van der Waals surface area contributed by atoms with Crippen molar-refractivity contribution in [2.24, 2.45) is 0 Å². The van der Waals surface area contributed by atoms with Crippen molar-refractivity contribution in [1.29, 1.82) is 0 Å². The second kappa shape index (κ2) is 6.77. The predicted octanol–water partition coefficient (Wildman–Crippen LogP) is 3.55. The van der Waals surface area contributed by atoms with E-state index in [1.807, 2.05) is 42.5 Å². The number of pyridine rings is 2. The smallest absolute Gasteiger partial charge is 0.236 e. The molecule has 1 aromatic carbocycles. The van der Waals surface area contributed by atoms with E-state index in [0.717, 1.165) is 24.0 Å². The molecule has 2 aliphatic rings. The molecule has 7 nitrogen and oxygen atoms in total. The van der Waals surface area contributed by atoms with Crippen molar-refractivity contribution in [3.05, 3.63) is 60.3 Å². The number of carbonyl (C=O) groups is 1. The summed E-state index contributed by atoms with van der Waals surface area (Å²) in [5.41, 5.74) is 1.83. The van der Waals surface area contributed by atoms with Gasteiger partial charge in [0.25, 0.3) is 0 Å². The topological polar surface area (TPSA) is 82.6 Å². The van der Waals surface area contributed by atoms with Gasteiger partial charge in [-0.2, -0.15) is 0 Å². The van der Waals surface area contributed by atoms with Crippen LogP contribution in [0.2, 0.25) is 0 Å². The van der Waals surface area contributed by atoms with Gasteiger partial charge in [0, 0.05) is 6.20 Å². The van der Waals surface area contributed by atoms with Crippen LogP contribution in [0.4, 0.5) is 5.82 Å². The number of rotatable bonds is 5. The Bertz CT molecular complexity index is 1090. The maximum atomic E-state index is 13.1. The highest BCUT2D eigenvalue weighted by atomic mass is 16.7. The number of fused-ring (bicyclic) bond motifs is 1. The highest BCUT2D eigenvalue weighted by molar-refractivity contribution is 6.01. The lowest BCUT2D eigenvalue weighted by Crippen LogP contribution is -2.28.